The van der Waals surface area contributed by atoms with Crippen molar-refractivity contribution in [2.45, 2.75) is 51.7 Å². The molecule has 1 fully saturated rings. The number of carboxylic acids is 2. The zero-order chi connectivity index (χ0) is 22.3. The first kappa shape index (κ1) is 27.1. The Kier molecular flexibility index (Phi) is 14.5. The van der Waals surface area contributed by atoms with Gasteiger partial charge in [0.25, 0.3) is 0 Å². The molecule has 28 heavy (non-hydrogen) atoms. The van der Waals surface area contributed by atoms with Crippen molar-refractivity contribution in [2.24, 2.45) is 0 Å². The Bertz CT molecular complexity index is 532. The molecule has 8 heteroatoms. The average Bonchev–Trinajstić information content (AvgIpc) is 2.63. The largest absolute Gasteiger partial charge is 0.478 e. The van der Waals surface area contributed by atoms with Crippen molar-refractivity contribution < 1.29 is 38.9 Å². The van der Waals surface area contributed by atoms with Crippen molar-refractivity contribution in [3.63, 3.8) is 0 Å². The zero-order valence-electron chi connectivity index (χ0n) is 16.3. The van der Waals surface area contributed by atoms with Crippen LogP contribution >= 0.6 is 0 Å². The summed E-state index contributed by atoms with van der Waals surface area (Å²) in [4.78, 5) is 41.1. The maximum Gasteiger partial charge on any atom is 0.330 e. The third-order valence-electron chi connectivity index (χ3n) is 3.25. The van der Waals surface area contributed by atoms with Crippen molar-refractivity contribution in [2.75, 3.05) is 0 Å². The van der Waals surface area contributed by atoms with E-state index in [1.54, 1.807) is 0 Å². The Morgan fingerprint density at radius 1 is 0.750 bits per heavy atom. The van der Waals surface area contributed by atoms with Crippen molar-refractivity contribution in [1.82, 2.24) is 0 Å². The lowest BCUT2D eigenvalue weighted by atomic mass is 9.95. The Labute approximate surface area is 164 Å². The van der Waals surface area contributed by atoms with Gasteiger partial charge in [-0.15, -0.1) is 0 Å². The predicted octanol–water partition coefficient (Wildman–Crippen LogP) is 3.05. The van der Waals surface area contributed by atoms with E-state index >= 15 is 0 Å². The van der Waals surface area contributed by atoms with Gasteiger partial charge in [0.15, 0.2) is 0 Å². The van der Waals surface area contributed by atoms with Crippen LogP contribution in [0.15, 0.2) is 49.6 Å². The lowest BCUT2D eigenvalue weighted by Crippen LogP contribution is -2.29. The molecule has 0 amide bonds. The van der Waals surface area contributed by atoms with Gasteiger partial charge < -0.3 is 19.7 Å². The number of carboxylic acid groups (broad SMARTS) is 2. The number of hydrogen-bond acceptors (Lipinski definition) is 6. The molecule has 156 valence electrons. The summed E-state index contributed by atoms with van der Waals surface area (Å²) in [6.07, 6.45) is 5.02. The molecule has 0 spiro atoms. The summed E-state index contributed by atoms with van der Waals surface area (Å²) in [7, 11) is 0. The van der Waals surface area contributed by atoms with Gasteiger partial charge in [0.2, 0.25) is 0 Å². The zero-order valence-corrected chi connectivity index (χ0v) is 16.3. The summed E-state index contributed by atoms with van der Waals surface area (Å²) in [6.45, 7) is 15.9. The fourth-order valence-electron chi connectivity index (χ4n) is 1.69. The minimum absolute atomic E-state index is 0.0795. The highest BCUT2D eigenvalue weighted by atomic mass is 16.6. The molecule has 0 atom stereocenters. The lowest BCUT2D eigenvalue weighted by molar-refractivity contribution is -0.151. The molecule has 0 heterocycles. The summed E-state index contributed by atoms with van der Waals surface area (Å²) in [6, 6.07) is 0. The standard InChI is InChI=1S/C12H16O4.2C4H6O2/c1-3-11(13)15-9-5-7-10(8-6-9)16-12(14)4-2;2*1-3(2)4(5)6/h3-4,9-10H,1-2,5-8H2;2*1H2,2H3,(H,5,6). The van der Waals surface area contributed by atoms with E-state index < -0.39 is 23.9 Å². The molecule has 2 N–H and O–H groups in total. The van der Waals surface area contributed by atoms with E-state index in [1.165, 1.54) is 13.8 Å². The van der Waals surface area contributed by atoms with Crippen LogP contribution in [-0.4, -0.2) is 46.3 Å². The van der Waals surface area contributed by atoms with Crippen molar-refractivity contribution in [1.29, 1.82) is 0 Å². The topological polar surface area (TPSA) is 127 Å². The van der Waals surface area contributed by atoms with Crippen molar-refractivity contribution in [3.8, 4) is 0 Å². The van der Waals surface area contributed by atoms with Crippen LogP contribution in [0.2, 0.25) is 0 Å². The molecule has 0 aliphatic heterocycles. The molecule has 1 aliphatic carbocycles. The fraction of sp³-hybridized carbons (Fsp3) is 0.400. The third kappa shape index (κ3) is 15.1. The van der Waals surface area contributed by atoms with Crippen LogP contribution in [0.3, 0.4) is 0 Å². The van der Waals surface area contributed by atoms with Gasteiger partial charge in [-0.25, -0.2) is 19.2 Å². The summed E-state index contributed by atoms with van der Waals surface area (Å²) in [5, 5.41) is 15.8. The molecule has 1 aliphatic rings. The molecule has 0 bridgehead atoms. The second-order valence-corrected chi connectivity index (χ2v) is 5.85. The smallest absolute Gasteiger partial charge is 0.330 e. The Hall–Kier alpha value is -3.16. The number of rotatable bonds is 6. The predicted molar refractivity (Wildman–Crippen MR) is 104 cm³/mol. The van der Waals surface area contributed by atoms with E-state index in [1.807, 2.05) is 0 Å². The van der Waals surface area contributed by atoms with Crippen LogP contribution in [0.4, 0.5) is 0 Å². The van der Waals surface area contributed by atoms with Gasteiger partial charge in [-0.1, -0.05) is 26.3 Å². The van der Waals surface area contributed by atoms with Gasteiger partial charge in [0, 0.05) is 23.3 Å². The molecule has 0 aromatic heterocycles. The molecule has 1 rings (SSSR count). The van der Waals surface area contributed by atoms with E-state index in [9.17, 15) is 19.2 Å². The van der Waals surface area contributed by atoms with Crippen molar-refractivity contribution >= 4 is 23.9 Å². The number of hydrogen-bond donors (Lipinski definition) is 2. The third-order valence-corrected chi connectivity index (χ3v) is 3.25. The second-order valence-electron chi connectivity index (χ2n) is 5.85. The van der Waals surface area contributed by atoms with Crippen LogP contribution in [-0.2, 0) is 28.7 Å². The normalized spacial score (nSPS) is 17.1. The van der Waals surface area contributed by atoms with E-state index in [2.05, 4.69) is 26.3 Å². The van der Waals surface area contributed by atoms with Gasteiger partial charge in [-0.3, -0.25) is 0 Å². The van der Waals surface area contributed by atoms with Crippen LogP contribution in [0.25, 0.3) is 0 Å². The highest BCUT2D eigenvalue weighted by molar-refractivity contribution is 5.85. The summed E-state index contributed by atoms with van der Waals surface area (Å²) in [5.41, 5.74) is 0.352. The van der Waals surface area contributed by atoms with Crippen LogP contribution in [0, 0.1) is 0 Å². The van der Waals surface area contributed by atoms with Crippen molar-refractivity contribution in [3.05, 3.63) is 49.6 Å². The number of carbonyl (C=O) groups is 4. The number of aliphatic carboxylic acids is 2. The monoisotopic (exact) mass is 396 g/mol. The second kappa shape index (κ2) is 15.0. The number of carbonyl (C=O) groups excluding carboxylic acids is 2. The molecular formula is C20H28O8. The van der Waals surface area contributed by atoms with E-state index in [4.69, 9.17) is 19.7 Å². The molecule has 0 unspecified atom stereocenters. The van der Waals surface area contributed by atoms with Gasteiger partial charge in [0.05, 0.1) is 0 Å². The number of esters is 2. The first-order valence-corrected chi connectivity index (χ1v) is 8.38. The van der Waals surface area contributed by atoms with E-state index in [0.717, 1.165) is 12.2 Å². The summed E-state index contributed by atoms with van der Waals surface area (Å²) in [5.74, 6) is -2.66. The first-order chi connectivity index (χ1) is 12.9. The van der Waals surface area contributed by atoms with Gasteiger partial charge >= 0.3 is 23.9 Å². The maximum absolute atomic E-state index is 10.9. The molecule has 8 nitrogen and oxygen atoms in total. The summed E-state index contributed by atoms with van der Waals surface area (Å²) < 4.78 is 10.2. The average molecular weight is 396 g/mol. The van der Waals surface area contributed by atoms with Gasteiger partial charge in [0.1, 0.15) is 12.2 Å². The molecule has 0 saturated heterocycles. The van der Waals surface area contributed by atoms with E-state index in [0.29, 0.717) is 25.7 Å². The Morgan fingerprint density at radius 2 is 0.964 bits per heavy atom. The fourth-order valence-corrected chi connectivity index (χ4v) is 1.69. The van der Waals surface area contributed by atoms with E-state index in [-0.39, 0.29) is 23.4 Å². The molecule has 0 radical (unpaired) electrons. The Morgan fingerprint density at radius 3 is 1.11 bits per heavy atom. The van der Waals surface area contributed by atoms with Gasteiger partial charge in [-0.05, 0) is 39.5 Å². The van der Waals surface area contributed by atoms with Gasteiger partial charge in [-0.2, -0.15) is 0 Å². The molecule has 0 aromatic rings. The van der Waals surface area contributed by atoms with Crippen LogP contribution in [0.5, 0.6) is 0 Å². The van der Waals surface area contributed by atoms with Crippen LogP contribution in [0.1, 0.15) is 39.5 Å². The maximum atomic E-state index is 10.9. The highest BCUT2D eigenvalue weighted by Crippen LogP contribution is 2.23. The minimum Gasteiger partial charge on any atom is -0.478 e. The SMILES string of the molecule is C=C(C)C(=O)O.C=C(C)C(=O)O.C=CC(=O)OC1CCC(OC(=O)C=C)CC1. The minimum atomic E-state index is -0.935. The Balaban J connectivity index is 0. The first-order valence-electron chi connectivity index (χ1n) is 8.38. The highest BCUT2D eigenvalue weighted by Gasteiger charge is 2.25. The van der Waals surface area contributed by atoms with Crippen LogP contribution < -0.4 is 0 Å². The quantitative estimate of drug-likeness (QED) is 0.518. The number of ether oxygens (including phenoxy) is 2. The lowest BCUT2D eigenvalue weighted by Gasteiger charge is -2.27. The molecular weight excluding hydrogens is 368 g/mol. The summed E-state index contributed by atoms with van der Waals surface area (Å²) >= 11 is 0. The molecule has 1 saturated carbocycles. The molecule has 0 aromatic carbocycles.